The number of ether oxygens (including phenoxy) is 1. The molecule has 6 nitrogen and oxygen atoms in total. The first-order chi connectivity index (χ1) is 15.7. The van der Waals surface area contributed by atoms with Gasteiger partial charge >= 0.3 is 0 Å². The van der Waals surface area contributed by atoms with Crippen LogP contribution in [0.1, 0.15) is 48.5 Å². The van der Waals surface area contributed by atoms with Gasteiger partial charge in [-0.15, -0.1) is 0 Å². The van der Waals surface area contributed by atoms with E-state index in [0.717, 1.165) is 5.56 Å². The van der Waals surface area contributed by atoms with Gasteiger partial charge in [-0.05, 0) is 73.0 Å². The third-order valence-electron chi connectivity index (χ3n) is 5.71. The lowest BCUT2D eigenvalue weighted by molar-refractivity contribution is -0.132. The highest BCUT2D eigenvalue weighted by Gasteiger charge is 2.48. The maximum Gasteiger partial charge on any atom is 0.300 e. The summed E-state index contributed by atoms with van der Waals surface area (Å²) in [6.07, 6.45) is 0. The van der Waals surface area contributed by atoms with Crippen molar-refractivity contribution in [2.75, 3.05) is 12.0 Å². The molecule has 1 aromatic heterocycles. The number of amides is 1. The van der Waals surface area contributed by atoms with Crippen LogP contribution in [-0.2, 0) is 9.59 Å². The maximum atomic E-state index is 13.5. The quantitative estimate of drug-likeness (QED) is 0.317. The van der Waals surface area contributed by atoms with E-state index in [-0.39, 0.29) is 17.3 Å². The number of aliphatic hydroxyl groups is 1. The van der Waals surface area contributed by atoms with E-state index in [4.69, 9.17) is 9.15 Å². The van der Waals surface area contributed by atoms with Crippen molar-refractivity contribution < 1.29 is 28.2 Å². The summed E-state index contributed by atoms with van der Waals surface area (Å²) in [5, 5.41) is 11.3. The number of Topliss-reactive ketones (excluding diaryl/α,β-unsaturated/α-hetero) is 1. The number of carbonyl (C=O) groups is 2. The van der Waals surface area contributed by atoms with Gasteiger partial charge in [0, 0.05) is 11.3 Å². The molecule has 2 aromatic carbocycles. The van der Waals surface area contributed by atoms with Gasteiger partial charge in [0.1, 0.15) is 34.9 Å². The number of nitrogens with zero attached hydrogens (tertiary/aromatic N) is 1. The van der Waals surface area contributed by atoms with E-state index in [9.17, 15) is 19.1 Å². The lowest BCUT2D eigenvalue weighted by atomic mass is 9.95. The molecule has 1 fully saturated rings. The Morgan fingerprint density at radius 2 is 1.79 bits per heavy atom. The summed E-state index contributed by atoms with van der Waals surface area (Å²) in [7, 11) is 1.56. The second-order valence-corrected chi connectivity index (χ2v) is 8.21. The molecule has 7 heteroatoms. The van der Waals surface area contributed by atoms with E-state index in [1.165, 1.54) is 29.2 Å². The highest BCUT2D eigenvalue weighted by molar-refractivity contribution is 6.51. The van der Waals surface area contributed by atoms with Gasteiger partial charge in [-0.3, -0.25) is 14.5 Å². The maximum absolute atomic E-state index is 13.5. The van der Waals surface area contributed by atoms with Gasteiger partial charge in [0.2, 0.25) is 0 Å². The molecule has 1 aliphatic rings. The number of furan rings is 1. The number of aliphatic hydroxyl groups excluding tert-OH is 1. The first-order valence-corrected chi connectivity index (χ1v) is 10.5. The van der Waals surface area contributed by atoms with Crippen molar-refractivity contribution in [3.05, 3.63) is 88.6 Å². The molecule has 1 aliphatic heterocycles. The lowest BCUT2D eigenvalue weighted by Crippen LogP contribution is -2.29. The topological polar surface area (TPSA) is 80.0 Å². The zero-order valence-corrected chi connectivity index (χ0v) is 18.8. The molecule has 0 saturated carbocycles. The Balaban J connectivity index is 1.93. The molecular weight excluding hydrogens is 425 g/mol. The molecule has 1 N–H and O–H groups in total. The Bertz CT molecular complexity index is 1260. The van der Waals surface area contributed by atoms with E-state index >= 15 is 0 Å². The molecule has 1 atom stereocenters. The smallest absolute Gasteiger partial charge is 0.300 e. The largest absolute Gasteiger partial charge is 0.507 e. The van der Waals surface area contributed by atoms with E-state index in [1.807, 2.05) is 13.8 Å². The van der Waals surface area contributed by atoms with E-state index in [0.29, 0.717) is 28.5 Å². The molecule has 33 heavy (non-hydrogen) atoms. The van der Waals surface area contributed by atoms with Crippen LogP contribution in [0.2, 0.25) is 0 Å². The molecule has 0 bridgehead atoms. The van der Waals surface area contributed by atoms with Crippen molar-refractivity contribution in [3.63, 3.8) is 0 Å². The second kappa shape index (κ2) is 8.58. The fourth-order valence-corrected chi connectivity index (χ4v) is 4.06. The first kappa shape index (κ1) is 22.3. The van der Waals surface area contributed by atoms with Crippen LogP contribution in [0.3, 0.4) is 0 Å². The minimum absolute atomic E-state index is 0.0952. The van der Waals surface area contributed by atoms with Crippen LogP contribution >= 0.6 is 0 Å². The minimum atomic E-state index is -1.01. The van der Waals surface area contributed by atoms with Crippen LogP contribution in [-0.4, -0.2) is 23.9 Å². The molecule has 3 aromatic rings. The second-order valence-electron chi connectivity index (χ2n) is 8.21. The predicted molar refractivity (Wildman–Crippen MR) is 122 cm³/mol. The first-order valence-electron chi connectivity index (χ1n) is 10.5. The lowest BCUT2D eigenvalue weighted by Gasteiger charge is -2.23. The number of rotatable bonds is 5. The summed E-state index contributed by atoms with van der Waals surface area (Å²) in [6.45, 7) is 5.72. The van der Waals surface area contributed by atoms with Gasteiger partial charge < -0.3 is 14.3 Å². The van der Waals surface area contributed by atoms with Gasteiger partial charge in [0.15, 0.2) is 0 Å². The van der Waals surface area contributed by atoms with Gasteiger partial charge in [-0.25, -0.2) is 4.39 Å². The molecule has 1 unspecified atom stereocenters. The Labute approximate surface area is 190 Å². The number of aryl methyl sites for hydroxylation is 1. The van der Waals surface area contributed by atoms with Crippen LogP contribution in [0.15, 0.2) is 64.6 Å². The fourth-order valence-electron chi connectivity index (χ4n) is 4.06. The Hall–Kier alpha value is -3.87. The molecule has 1 amide bonds. The van der Waals surface area contributed by atoms with Gasteiger partial charge in [0.05, 0.1) is 12.7 Å². The molecule has 170 valence electrons. The average Bonchev–Trinajstić information content (AvgIpc) is 3.34. The summed E-state index contributed by atoms with van der Waals surface area (Å²) in [6, 6.07) is 12.7. The molecule has 1 saturated heterocycles. The molecule has 0 radical (unpaired) electrons. The van der Waals surface area contributed by atoms with Gasteiger partial charge in [0.25, 0.3) is 11.7 Å². The molecule has 4 rings (SSSR count). The predicted octanol–water partition coefficient (Wildman–Crippen LogP) is 5.49. The summed E-state index contributed by atoms with van der Waals surface area (Å²) in [4.78, 5) is 27.5. The Morgan fingerprint density at radius 3 is 2.36 bits per heavy atom. The van der Waals surface area contributed by atoms with Crippen molar-refractivity contribution in [1.82, 2.24) is 0 Å². The number of hydrogen-bond donors (Lipinski definition) is 1. The van der Waals surface area contributed by atoms with Crippen LogP contribution in [0.25, 0.3) is 5.76 Å². The molecule has 0 aliphatic carbocycles. The number of methoxy groups -OCH3 is 1. The third kappa shape index (κ3) is 3.91. The Kier molecular flexibility index (Phi) is 5.80. The summed E-state index contributed by atoms with van der Waals surface area (Å²) < 4.78 is 24.7. The average molecular weight is 449 g/mol. The summed E-state index contributed by atoms with van der Waals surface area (Å²) in [5.41, 5.74) is 1.44. The zero-order chi connectivity index (χ0) is 23.9. The highest BCUT2D eigenvalue weighted by atomic mass is 19.1. The minimum Gasteiger partial charge on any atom is -0.507 e. The van der Waals surface area contributed by atoms with Crippen molar-refractivity contribution in [1.29, 1.82) is 0 Å². The highest BCUT2D eigenvalue weighted by Crippen LogP contribution is 2.43. The van der Waals surface area contributed by atoms with Gasteiger partial charge in [-0.2, -0.15) is 0 Å². The number of hydrogen-bond acceptors (Lipinski definition) is 5. The summed E-state index contributed by atoms with van der Waals surface area (Å²) >= 11 is 0. The van der Waals surface area contributed by atoms with Crippen molar-refractivity contribution >= 4 is 23.1 Å². The van der Waals surface area contributed by atoms with Crippen LogP contribution in [0.4, 0.5) is 10.1 Å². The van der Waals surface area contributed by atoms with E-state index < -0.39 is 23.5 Å². The standard InChI is InChI=1S/C26H24FNO5/c1-14(2)19-13-16(6-12-20(19)32-4)24(29)22-23(21-11-5-15(3)33-21)28(26(31)25(22)30)18-9-7-17(27)8-10-18/h5-14,23,29H,1-4H3/b24-22-. The van der Waals surface area contributed by atoms with Crippen LogP contribution in [0.5, 0.6) is 5.75 Å². The van der Waals surface area contributed by atoms with Crippen molar-refractivity contribution in [2.24, 2.45) is 0 Å². The molecule has 0 spiro atoms. The number of benzene rings is 2. The fraction of sp³-hybridized carbons (Fsp3) is 0.231. The number of ketones is 1. The van der Waals surface area contributed by atoms with Crippen LogP contribution < -0.4 is 9.64 Å². The monoisotopic (exact) mass is 449 g/mol. The Morgan fingerprint density at radius 1 is 1.09 bits per heavy atom. The summed E-state index contributed by atoms with van der Waals surface area (Å²) in [5.74, 6) is -0.819. The zero-order valence-electron chi connectivity index (χ0n) is 18.8. The van der Waals surface area contributed by atoms with Gasteiger partial charge in [-0.1, -0.05) is 13.8 Å². The van der Waals surface area contributed by atoms with E-state index in [2.05, 4.69) is 0 Å². The normalized spacial score (nSPS) is 17.8. The SMILES string of the molecule is COc1ccc(/C(O)=C2/C(=O)C(=O)N(c3ccc(F)cc3)C2c2ccc(C)o2)cc1C(C)C. The number of anilines is 1. The third-order valence-corrected chi connectivity index (χ3v) is 5.71. The van der Waals surface area contributed by atoms with E-state index in [1.54, 1.807) is 44.4 Å². The van der Waals surface area contributed by atoms with Crippen LogP contribution in [0, 0.1) is 12.7 Å². The molecular formula is C26H24FNO5. The number of halogens is 1. The van der Waals surface area contributed by atoms with Crippen molar-refractivity contribution in [2.45, 2.75) is 32.7 Å². The van der Waals surface area contributed by atoms with Crippen molar-refractivity contribution in [3.8, 4) is 5.75 Å². The number of carbonyl (C=O) groups excluding carboxylic acids is 2. The molecule has 2 heterocycles.